The van der Waals surface area contributed by atoms with Crippen LogP contribution < -0.4 is 5.32 Å². The first-order valence-corrected chi connectivity index (χ1v) is 7.81. The summed E-state index contributed by atoms with van der Waals surface area (Å²) < 4.78 is 0. The van der Waals surface area contributed by atoms with Crippen LogP contribution >= 0.6 is 11.6 Å². The molecule has 0 unspecified atom stereocenters. The highest BCUT2D eigenvalue weighted by Crippen LogP contribution is 2.28. The van der Waals surface area contributed by atoms with E-state index in [0.717, 1.165) is 17.7 Å². The molecule has 0 radical (unpaired) electrons. The Morgan fingerprint density at radius 3 is 2.50 bits per heavy atom. The van der Waals surface area contributed by atoms with Crippen molar-refractivity contribution >= 4 is 29.3 Å². The molecule has 3 amide bonds. The molecule has 0 saturated heterocycles. The van der Waals surface area contributed by atoms with Gasteiger partial charge >= 0.3 is 0 Å². The first-order valence-electron chi connectivity index (χ1n) is 7.43. The molecule has 6 heteroatoms. The van der Waals surface area contributed by atoms with Crippen LogP contribution in [0.3, 0.4) is 0 Å². The average Bonchev–Trinajstić information content (AvgIpc) is 2.74. The Kier molecular flexibility index (Phi) is 5.19. The van der Waals surface area contributed by atoms with Crippen molar-refractivity contribution in [2.45, 2.75) is 26.7 Å². The first kappa shape index (κ1) is 16.5. The molecule has 1 aliphatic heterocycles. The number of hydrogen-bond donors (Lipinski definition) is 1. The minimum atomic E-state index is -0.401. The minimum absolute atomic E-state index is 0.0309. The van der Waals surface area contributed by atoms with Gasteiger partial charge in [0, 0.05) is 19.0 Å². The van der Waals surface area contributed by atoms with Crippen LogP contribution in [-0.2, 0) is 4.79 Å². The molecule has 0 atom stereocenters. The van der Waals surface area contributed by atoms with Crippen molar-refractivity contribution in [3.05, 3.63) is 34.3 Å². The summed E-state index contributed by atoms with van der Waals surface area (Å²) in [7, 11) is 0. The van der Waals surface area contributed by atoms with E-state index in [2.05, 4.69) is 5.32 Å². The van der Waals surface area contributed by atoms with E-state index in [-0.39, 0.29) is 41.4 Å². The summed E-state index contributed by atoms with van der Waals surface area (Å²) in [5, 5.41) is 3.05. The molecule has 1 N–H and O–H groups in total. The zero-order chi connectivity index (χ0) is 16.3. The molecule has 2 rings (SSSR count). The molecule has 1 aromatic carbocycles. The molecule has 118 valence electrons. The highest BCUT2D eigenvalue weighted by molar-refractivity contribution is 6.37. The molecule has 0 spiro atoms. The Morgan fingerprint density at radius 2 is 1.91 bits per heavy atom. The maximum absolute atomic E-state index is 12.3. The summed E-state index contributed by atoms with van der Waals surface area (Å²) in [6, 6.07) is 4.82. The van der Waals surface area contributed by atoms with E-state index in [0.29, 0.717) is 5.56 Å². The molecule has 0 fully saturated rings. The second-order valence-electron chi connectivity index (χ2n) is 5.23. The lowest BCUT2D eigenvalue weighted by Gasteiger charge is -2.16. The number of fused-ring (bicyclic) bond motifs is 1. The molecule has 0 aromatic heterocycles. The number of hydrogen-bond acceptors (Lipinski definition) is 3. The third kappa shape index (κ3) is 2.99. The zero-order valence-electron chi connectivity index (χ0n) is 12.7. The molecule has 0 bridgehead atoms. The third-order valence-corrected chi connectivity index (χ3v) is 4.25. The van der Waals surface area contributed by atoms with Crippen molar-refractivity contribution < 1.29 is 14.4 Å². The highest BCUT2D eigenvalue weighted by Gasteiger charge is 2.36. The van der Waals surface area contributed by atoms with Crippen molar-refractivity contribution in [3.63, 3.8) is 0 Å². The molecule has 0 saturated carbocycles. The van der Waals surface area contributed by atoms with Gasteiger partial charge in [0.25, 0.3) is 11.8 Å². The fourth-order valence-electron chi connectivity index (χ4n) is 2.59. The Labute approximate surface area is 134 Å². The van der Waals surface area contributed by atoms with E-state index < -0.39 is 5.91 Å². The Balaban J connectivity index is 1.99. The van der Waals surface area contributed by atoms with Gasteiger partial charge in [0.2, 0.25) is 5.91 Å². The minimum Gasteiger partial charge on any atom is -0.354 e. The van der Waals surface area contributed by atoms with Crippen LogP contribution in [0.15, 0.2) is 18.2 Å². The van der Waals surface area contributed by atoms with Crippen LogP contribution in [0, 0.1) is 5.92 Å². The summed E-state index contributed by atoms with van der Waals surface area (Å²) in [5.41, 5.74) is 0.573. The van der Waals surface area contributed by atoms with E-state index >= 15 is 0 Å². The fraction of sp³-hybridized carbons (Fsp3) is 0.438. The summed E-state index contributed by atoms with van der Waals surface area (Å²) in [6.45, 7) is 4.31. The summed E-state index contributed by atoms with van der Waals surface area (Å²) in [4.78, 5) is 37.5. The molecule has 0 aliphatic carbocycles. The molecular weight excluding hydrogens is 304 g/mol. The van der Waals surface area contributed by atoms with Gasteiger partial charge in [-0.2, -0.15) is 0 Å². The fourth-order valence-corrected chi connectivity index (χ4v) is 2.85. The van der Waals surface area contributed by atoms with Gasteiger partial charge in [0.1, 0.15) is 0 Å². The summed E-state index contributed by atoms with van der Waals surface area (Å²) in [5.74, 6) is -0.835. The third-order valence-electron chi connectivity index (χ3n) is 3.94. The standard InChI is InChI=1S/C16H19ClN2O3/c1-3-10(4-2)14(20)18-8-9-19-15(21)11-6-5-7-12(17)13(11)16(19)22/h5-7,10H,3-4,8-9H2,1-2H3,(H,18,20). The number of nitrogens with one attached hydrogen (secondary N) is 1. The van der Waals surface area contributed by atoms with Gasteiger partial charge in [0.15, 0.2) is 0 Å². The summed E-state index contributed by atoms with van der Waals surface area (Å²) in [6.07, 6.45) is 1.54. The number of imide groups is 1. The topological polar surface area (TPSA) is 66.5 Å². The molecule has 1 aromatic rings. The predicted octanol–water partition coefficient (Wildman–Crippen LogP) is 2.49. The second kappa shape index (κ2) is 6.92. The van der Waals surface area contributed by atoms with Crippen LogP contribution in [0.1, 0.15) is 47.4 Å². The molecule has 1 heterocycles. The van der Waals surface area contributed by atoms with Gasteiger partial charge in [-0.3, -0.25) is 19.3 Å². The van der Waals surface area contributed by atoms with Gasteiger partial charge in [-0.15, -0.1) is 0 Å². The van der Waals surface area contributed by atoms with Crippen molar-refractivity contribution in [1.82, 2.24) is 10.2 Å². The Bertz CT molecular complexity index is 611. The number of nitrogens with zero attached hydrogens (tertiary/aromatic N) is 1. The number of rotatable bonds is 6. The quantitative estimate of drug-likeness (QED) is 0.818. The first-order chi connectivity index (χ1) is 10.5. The number of carbonyl (C=O) groups is 3. The molecule has 22 heavy (non-hydrogen) atoms. The van der Waals surface area contributed by atoms with Gasteiger partial charge < -0.3 is 5.32 Å². The van der Waals surface area contributed by atoms with Crippen LogP contribution in [0.5, 0.6) is 0 Å². The number of amides is 3. The van der Waals surface area contributed by atoms with Gasteiger partial charge in [-0.05, 0) is 25.0 Å². The Hall–Kier alpha value is -1.88. The van der Waals surface area contributed by atoms with Gasteiger partial charge in [-0.25, -0.2) is 0 Å². The lowest BCUT2D eigenvalue weighted by Crippen LogP contribution is -2.39. The van der Waals surface area contributed by atoms with Crippen molar-refractivity contribution in [2.75, 3.05) is 13.1 Å². The normalized spacial score (nSPS) is 13.7. The lowest BCUT2D eigenvalue weighted by molar-refractivity contribution is -0.125. The summed E-state index contributed by atoms with van der Waals surface area (Å²) >= 11 is 5.99. The van der Waals surface area contributed by atoms with Crippen LogP contribution in [-0.4, -0.2) is 35.7 Å². The maximum Gasteiger partial charge on any atom is 0.263 e. The lowest BCUT2D eigenvalue weighted by atomic mass is 10.0. The predicted molar refractivity (Wildman–Crippen MR) is 83.9 cm³/mol. The monoisotopic (exact) mass is 322 g/mol. The average molecular weight is 323 g/mol. The van der Waals surface area contributed by atoms with Crippen LogP contribution in [0.4, 0.5) is 0 Å². The van der Waals surface area contributed by atoms with Crippen molar-refractivity contribution in [1.29, 1.82) is 0 Å². The van der Waals surface area contributed by atoms with Crippen molar-refractivity contribution in [3.8, 4) is 0 Å². The van der Waals surface area contributed by atoms with E-state index in [1.54, 1.807) is 18.2 Å². The molecule has 5 nitrogen and oxygen atoms in total. The van der Waals surface area contributed by atoms with Crippen LogP contribution in [0.25, 0.3) is 0 Å². The van der Waals surface area contributed by atoms with Gasteiger partial charge in [0.05, 0.1) is 16.1 Å². The zero-order valence-corrected chi connectivity index (χ0v) is 13.4. The molecule has 1 aliphatic rings. The Morgan fingerprint density at radius 1 is 1.23 bits per heavy atom. The van der Waals surface area contributed by atoms with Gasteiger partial charge in [-0.1, -0.05) is 31.5 Å². The second-order valence-corrected chi connectivity index (χ2v) is 5.64. The van der Waals surface area contributed by atoms with Crippen molar-refractivity contribution in [2.24, 2.45) is 5.92 Å². The SMILES string of the molecule is CCC(CC)C(=O)NCCN1C(=O)c2cccc(Cl)c2C1=O. The highest BCUT2D eigenvalue weighted by atomic mass is 35.5. The molecular formula is C16H19ClN2O3. The largest absolute Gasteiger partial charge is 0.354 e. The van der Waals surface area contributed by atoms with E-state index in [9.17, 15) is 14.4 Å². The van der Waals surface area contributed by atoms with E-state index in [1.807, 2.05) is 13.8 Å². The number of benzene rings is 1. The van der Waals surface area contributed by atoms with Crippen LogP contribution in [0.2, 0.25) is 5.02 Å². The number of halogens is 1. The maximum atomic E-state index is 12.3. The number of carbonyl (C=O) groups excluding carboxylic acids is 3. The smallest absolute Gasteiger partial charge is 0.263 e. The van der Waals surface area contributed by atoms with E-state index in [1.165, 1.54) is 0 Å². The van der Waals surface area contributed by atoms with E-state index in [4.69, 9.17) is 11.6 Å².